The van der Waals surface area contributed by atoms with Crippen LogP contribution in [0.5, 0.6) is 17.2 Å². The summed E-state index contributed by atoms with van der Waals surface area (Å²) in [5.74, 6) is 1.64. The van der Waals surface area contributed by atoms with Crippen LogP contribution >= 0.6 is 0 Å². The first kappa shape index (κ1) is 15.6. The van der Waals surface area contributed by atoms with Crippen LogP contribution in [0.15, 0.2) is 91.0 Å². The molecular formula is C21H16O3. The molecule has 118 valence electrons. The average Bonchev–Trinajstić information content (AvgIpc) is 2.63. The van der Waals surface area contributed by atoms with Crippen LogP contribution in [0.1, 0.15) is 5.56 Å². The monoisotopic (exact) mass is 316 g/mol. The lowest BCUT2D eigenvalue weighted by molar-refractivity contribution is -0.128. The minimum Gasteiger partial charge on any atom is -0.457 e. The molecule has 0 N–H and O–H groups in total. The maximum atomic E-state index is 11.8. The van der Waals surface area contributed by atoms with Gasteiger partial charge >= 0.3 is 5.97 Å². The van der Waals surface area contributed by atoms with Gasteiger partial charge < -0.3 is 9.47 Å². The van der Waals surface area contributed by atoms with Gasteiger partial charge in [-0.05, 0) is 48.0 Å². The van der Waals surface area contributed by atoms with Crippen molar-refractivity contribution in [3.8, 4) is 17.2 Å². The zero-order chi connectivity index (χ0) is 16.6. The zero-order valence-corrected chi connectivity index (χ0v) is 13.0. The van der Waals surface area contributed by atoms with Gasteiger partial charge in [-0.3, -0.25) is 0 Å². The summed E-state index contributed by atoms with van der Waals surface area (Å²) in [6.07, 6.45) is 3.11. The van der Waals surface area contributed by atoms with Crippen molar-refractivity contribution in [3.63, 3.8) is 0 Å². The Bertz CT molecular complexity index is 807. The molecule has 24 heavy (non-hydrogen) atoms. The van der Waals surface area contributed by atoms with Gasteiger partial charge in [-0.1, -0.05) is 48.5 Å². The first-order valence-corrected chi connectivity index (χ1v) is 7.57. The van der Waals surface area contributed by atoms with Crippen LogP contribution in [0.25, 0.3) is 6.08 Å². The number of benzene rings is 3. The van der Waals surface area contributed by atoms with Gasteiger partial charge in [0.1, 0.15) is 17.2 Å². The highest BCUT2D eigenvalue weighted by molar-refractivity contribution is 5.88. The molecule has 3 nitrogen and oxygen atoms in total. The fourth-order valence-electron chi connectivity index (χ4n) is 2.07. The molecule has 0 bridgehead atoms. The van der Waals surface area contributed by atoms with E-state index in [2.05, 4.69) is 0 Å². The maximum Gasteiger partial charge on any atom is 0.336 e. The summed E-state index contributed by atoms with van der Waals surface area (Å²) in [4.78, 5) is 11.8. The molecule has 3 heteroatoms. The van der Waals surface area contributed by atoms with Crippen molar-refractivity contribution in [1.29, 1.82) is 0 Å². The summed E-state index contributed by atoms with van der Waals surface area (Å²) in [6, 6.07) is 26.0. The van der Waals surface area contributed by atoms with Crippen molar-refractivity contribution in [2.75, 3.05) is 0 Å². The second-order valence-electron chi connectivity index (χ2n) is 5.05. The van der Waals surface area contributed by atoms with Gasteiger partial charge in [0.25, 0.3) is 0 Å². The summed E-state index contributed by atoms with van der Waals surface area (Å²) in [5.41, 5.74) is 0.889. The van der Waals surface area contributed by atoms with E-state index < -0.39 is 5.97 Å². The molecule has 0 aliphatic heterocycles. The zero-order valence-electron chi connectivity index (χ0n) is 13.0. The summed E-state index contributed by atoms with van der Waals surface area (Å²) in [6.45, 7) is 0. The normalized spacial score (nSPS) is 10.5. The molecule has 0 aliphatic rings. The van der Waals surface area contributed by atoms with E-state index in [0.29, 0.717) is 5.75 Å². The highest BCUT2D eigenvalue weighted by Crippen LogP contribution is 2.21. The molecular weight excluding hydrogens is 300 g/mol. The molecule has 3 aromatic rings. The van der Waals surface area contributed by atoms with E-state index in [4.69, 9.17) is 9.47 Å². The molecule has 0 saturated heterocycles. The lowest BCUT2D eigenvalue weighted by Gasteiger charge is -2.05. The van der Waals surface area contributed by atoms with Gasteiger partial charge in [0, 0.05) is 6.08 Å². The predicted molar refractivity (Wildman–Crippen MR) is 94.1 cm³/mol. The van der Waals surface area contributed by atoms with Crippen LogP contribution < -0.4 is 9.47 Å². The Hall–Kier alpha value is -3.33. The SMILES string of the molecule is O=C(/C=C/c1ccc(Oc2ccccc2)cc1)Oc1ccccc1. The van der Waals surface area contributed by atoms with Crippen LogP contribution in [0.4, 0.5) is 0 Å². The van der Waals surface area contributed by atoms with Crippen LogP contribution in [-0.2, 0) is 4.79 Å². The van der Waals surface area contributed by atoms with Crippen LogP contribution in [0.3, 0.4) is 0 Å². The van der Waals surface area contributed by atoms with Crippen molar-refractivity contribution >= 4 is 12.0 Å². The third-order valence-electron chi connectivity index (χ3n) is 3.23. The molecule has 3 aromatic carbocycles. The maximum absolute atomic E-state index is 11.8. The Morgan fingerprint density at radius 2 is 1.21 bits per heavy atom. The van der Waals surface area contributed by atoms with Crippen molar-refractivity contribution in [3.05, 3.63) is 96.6 Å². The van der Waals surface area contributed by atoms with E-state index in [1.54, 1.807) is 18.2 Å². The van der Waals surface area contributed by atoms with E-state index in [9.17, 15) is 4.79 Å². The third kappa shape index (κ3) is 4.58. The average molecular weight is 316 g/mol. The Labute approximate surface area is 140 Å². The van der Waals surface area contributed by atoms with Gasteiger partial charge in [0.2, 0.25) is 0 Å². The second kappa shape index (κ2) is 7.79. The third-order valence-corrected chi connectivity index (χ3v) is 3.23. The smallest absolute Gasteiger partial charge is 0.336 e. The number of hydrogen-bond acceptors (Lipinski definition) is 3. The molecule has 3 rings (SSSR count). The van der Waals surface area contributed by atoms with Gasteiger partial charge in [0.05, 0.1) is 0 Å². The van der Waals surface area contributed by atoms with Crippen LogP contribution in [0.2, 0.25) is 0 Å². The van der Waals surface area contributed by atoms with E-state index >= 15 is 0 Å². The fraction of sp³-hybridized carbons (Fsp3) is 0. The first-order valence-electron chi connectivity index (χ1n) is 7.57. The second-order valence-corrected chi connectivity index (χ2v) is 5.05. The van der Waals surface area contributed by atoms with E-state index in [1.807, 2.05) is 72.8 Å². The molecule has 0 radical (unpaired) electrons. The summed E-state index contributed by atoms with van der Waals surface area (Å²) < 4.78 is 10.9. The number of carbonyl (C=O) groups is 1. The van der Waals surface area contributed by atoms with Crippen molar-refractivity contribution in [2.24, 2.45) is 0 Å². The Morgan fingerprint density at radius 1 is 0.667 bits per heavy atom. The quantitative estimate of drug-likeness (QED) is 0.373. The summed E-state index contributed by atoms with van der Waals surface area (Å²) >= 11 is 0. The van der Waals surface area contributed by atoms with Gasteiger partial charge in [-0.15, -0.1) is 0 Å². The molecule has 0 aromatic heterocycles. The highest BCUT2D eigenvalue weighted by Gasteiger charge is 2.00. The highest BCUT2D eigenvalue weighted by atomic mass is 16.5. The lowest BCUT2D eigenvalue weighted by Crippen LogP contribution is -2.03. The molecule has 0 unspecified atom stereocenters. The summed E-state index contributed by atoms with van der Waals surface area (Å²) in [7, 11) is 0. The molecule has 0 fully saturated rings. The molecule has 0 aliphatic carbocycles. The van der Waals surface area contributed by atoms with Crippen molar-refractivity contribution in [1.82, 2.24) is 0 Å². The first-order chi connectivity index (χ1) is 11.8. The Balaban J connectivity index is 1.58. The van der Waals surface area contributed by atoms with Gasteiger partial charge in [-0.25, -0.2) is 4.79 Å². The topological polar surface area (TPSA) is 35.5 Å². The number of carbonyl (C=O) groups excluding carboxylic acids is 1. The Kier molecular flexibility index (Phi) is 5.05. The van der Waals surface area contributed by atoms with Gasteiger partial charge in [0.15, 0.2) is 0 Å². The van der Waals surface area contributed by atoms with Crippen LogP contribution in [0, 0.1) is 0 Å². The molecule has 0 atom stereocenters. The number of ether oxygens (including phenoxy) is 2. The van der Waals surface area contributed by atoms with E-state index in [0.717, 1.165) is 17.1 Å². The number of hydrogen-bond donors (Lipinski definition) is 0. The molecule has 0 amide bonds. The predicted octanol–water partition coefficient (Wildman–Crippen LogP) is 5.10. The molecule has 0 heterocycles. The fourth-order valence-corrected chi connectivity index (χ4v) is 2.07. The van der Waals surface area contributed by atoms with E-state index in [1.165, 1.54) is 6.08 Å². The van der Waals surface area contributed by atoms with Crippen molar-refractivity contribution < 1.29 is 14.3 Å². The number of rotatable bonds is 5. The largest absolute Gasteiger partial charge is 0.457 e. The minimum atomic E-state index is -0.411. The lowest BCUT2D eigenvalue weighted by atomic mass is 10.2. The molecule has 0 spiro atoms. The van der Waals surface area contributed by atoms with E-state index in [-0.39, 0.29) is 0 Å². The Morgan fingerprint density at radius 3 is 1.83 bits per heavy atom. The van der Waals surface area contributed by atoms with Crippen LogP contribution in [-0.4, -0.2) is 5.97 Å². The van der Waals surface area contributed by atoms with Crippen molar-refractivity contribution in [2.45, 2.75) is 0 Å². The molecule has 0 saturated carbocycles. The standard InChI is InChI=1S/C21H16O3/c22-21(24-19-9-5-2-6-10-19)16-13-17-11-14-20(15-12-17)23-18-7-3-1-4-8-18/h1-16H/b16-13+. The number of para-hydroxylation sites is 2. The minimum absolute atomic E-state index is 0.411. The summed E-state index contributed by atoms with van der Waals surface area (Å²) in [5, 5.41) is 0. The van der Waals surface area contributed by atoms with Gasteiger partial charge in [-0.2, -0.15) is 0 Å². The number of esters is 1.